The van der Waals surface area contributed by atoms with Crippen LogP contribution in [0.3, 0.4) is 0 Å². The van der Waals surface area contributed by atoms with Crippen molar-refractivity contribution >= 4 is 39.1 Å². The zero-order chi connectivity index (χ0) is 24.4. The highest BCUT2D eigenvalue weighted by Gasteiger charge is 2.21. The van der Waals surface area contributed by atoms with E-state index in [2.05, 4.69) is 10.3 Å². The molecule has 34 heavy (non-hydrogen) atoms. The van der Waals surface area contributed by atoms with Crippen molar-refractivity contribution in [3.8, 4) is 0 Å². The molecule has 0 spiro atoms. The van der Waals surface area contributed by atoms with Gasteiger partial charge in [-0.15, -0.1) is 11.3 Å². The van der Waals surface area contributed by atoms with Gasteiger partial charge in [-0.25, -0.2) is 9.78 Å². The monoisotopic (exact) mass is 475 g/mol. The number of rotatable bonds is 6. The maximum Gasteiger partial charge on any atom is 0.349 e. The Morgan fingerprint density at radius 2 is 1.74 bits per heavy atom. The number of nitrogens with one attached hydrogen (secondary N) is 1. The van der Waals surface area contributed by atoms with Crippen molar-refractivity contribution in [3.63, 3.8) is 0 Å². The van der Waals surface area contributed by atoms with E-state index in [1.807, 2.05) is 63.2 Å². The fourth-order valence-corrected chi connectivity index (χ4v) is 5.00. The summed E-state index contributed by atoms with van der Waals surface area (Å²) in [5, 5.41) is 3.23. The van der Waals surface area contributed by atoms with Gasteiger partial charge in [0, 0.05) is 5.69 Å². The molecule has 7 nitrogen and oxygen atoms in total. The average molecular weight is 476 g/mol. The van der Waals surface area contributed by atoms with Crippen LogP contribution in [-0.2, 0) is 22.7 Å². The Morgan fingerprint density at radius 3 is 2.41 bits per heavy atom. The molecule has 4 aromatic rings. The fourth-order valence-electron chi connectivity index (χ4n) is 3.97. The molecule has 0 saturated carbocycles. The summed E-state index contributed by atoms with van der Waals surface area (Å²) in [6.45, 7) is 7.52. The molecule has 0 bridgehead atoms. The molecule has 174 valence electrons. The van der Waals surface area contributed by atoms with Crippen molar-refractivity contribution in [1.82, 2.24) is 9.55 Å². The lowest BCUT2D eigenvalue weighted by Crippen LogP contribution is -2.28. The molecule has 8 heteroatoms. The van der Waals surface area contributed by atoms with E-state index in [0.29, 0.717) is 20.7 Å². The topological polar surface area (TPSA) is 90.3 Å². The first-order valence-corrected chi connectivity index (χ1v) is 11.6. The summed E-state index contributed by atoms with van der Waals surface area (Å²) < 4.78 is 6.69. The second-order valence-electron chi connectivity index (χ2n) is 8.30. The van der Waals surface area contributed by atoms with Crippen LogP contribution in [-0.4, -0.2) is 21.4 Å². The molecular formula is C26H25N3O4S. The lowest BCUT2D eigenvalue weighted by Gasteiger charge is -2.13. The Kier molecular flexibility index (Phi) is 6.61. The predicted molar refractivity (Wildman–Crippen MR) is 133 cm³/mol. The maximum absolute atomic E-state index is 13.1. The van der Waals surface area contributed by atoms with Crippen molar-refractivity contribution < 1.29 is 14.3 Å². The molecular weight excluding hydrogens is 450 g/mol. The summed E-state index contributed by atoms with van der Waals surface area (Å²) in [6.07, 6.45) is 1.34. The first kappa shape index (κ1) is 23.4. The van der Waals surface area contributed by atoms with Crippen LogP contribution in [0.5, 0.6) is 0 Å². The van der Waals surface area contributed by atoms with Crippen molar-refractivity contribution in [3.05, 3.63) is 91.8 Å². The lowest BCUT2D eigenvalue weighted by molar-refractivity contribution is -0.116. The number of hydrogen-bond donors (Lipinski definition) is 1. The Bertz CT molecular complexity index is 1430. The average Bonchev–Trinajstić information content (AvgIpc) is 3.14. The highest BCUT2D eigenvalue weighted by atomic mass is 32.1. The van der Waals surface area contributed by atoms with E-state index in [4.69, 9.17) is 4.74 Å². The van der Waals surface area contributed by atoms with E-state index >= 15 is 0 Å². The van der Waals surface area contributed by atoms with Gasteiger partial charge in [-0.05, 0) is 49.9 Å². The Morgan fingerprint density at radius 1 is 1.06 bits per heavy atom. The third kappa shape index (κ3) is 4.77. The molecule has 4 rings (SSSR count). The van der Waals surface area contributed by atoms with Gasteiger partial charge in [0.05, 0.1) is 11.7 Å². The van der Waals surface area contributed by atoms with Gasteiger partial charge in [-0.2, -0.15) is 0 Å². The van der Waals surface area contributed by atoms with Gasteiger partial charge in [0.1, 0.15) is 22.9 Å². The third-order valence-corrected chi connectivity index (χ3v) is 6.75. The van der Waals surface area contributed by atoms with Gasteiger partial charge < -0.3 is 10.1 Å². The molecule has 0 unspecified atom stereocenters. The Hall–Kier alpha value is -3.78. The molecule has 0 aliphatic rings. The molecule has 1 N–H and O–H groups in total. The number of benzene rings is 2. The Labute approximate surface area is 201 Å². The van der Waals surface area contributed by atoms with Crippen LogP contribution in [0.1, 0.15) is 37.5 Å². The van der Waals surface area contributed by atoms with Crippen molar-refractivity contribution in [2.75, 3.05) is 5.32 Å². The van der Waals surface area contributed by atoms with E-state index in [-0.39, 0.29) is 24.6 Å². The van der Waals surface area contributed by atoms with Crippen LogP contribution in [0.15, 0.2) is 53.6 Å². The molecule has 0 fully saturated rings. The summed E-state index contributed by atoms with van der Waals surface area (Å²) in [7, 11) is 0. The molecule has 0 radical (unpaired) electrons. The predicted octanol–water partition coefficient (Wildman–Crippen LogP) is 4.69. The highest BCUT2D eigenvalue weighted by molar-refractivity contribution is 7.20. The molecule has 0 aliphatic carbocycles. The van der Waals surface area contributed by atoms with Crippen LogP contribution in [0, 0.1) is 27.7 Å². The number of carbonyl (C=O) groups excluding carboxylic acids is 2. The largest absolute Gasteiger partial charge is 0.457 e. The van der Waals surface area contributed by atoms with Crippen LogP contribution in [0.4, 0.5) is 5.69 Å². The number of aryl methyl sites for hydroxylation is 4. The maximum atomic E-state index is 13.1. The van der Waals surface area contributed by atoms with E-state index in [0.717, 1.165) is 39.3 Å². The van der Waals surface area contributed by atoms with Crippen molar-refractivity contribution in [2.24, 2.45) is 0 Å². The van der Waals surface area contributed by atoms with Gasteiger partial charge in [0.15, 0.2) is 0 Å². The number of fused-ring (bicyclic) bond motifs is 1. The number of nitrogens with zero attached hydrogens (tertiary/aromatic N) is 2. The molecule has 0 aliphatic heterocycles. The van der Waals surface area contributed by atoms with Gasteiger partial charge >= 0.3 is 5.97 Å². The van der Waals surface area contributed by atoms with E-state index < -0.39 is 5.97 Å². The Balaban J connectivity index is 1.54. The fraction of sp³-hybridized carbons (Fsp3) is 0.231. The van der Waals surface area contributed by atoms with E-state index in [1.54, 1.807) is 6.92 Å². The number of aromatic nitrogens is 2. The van der Waals surface area contributed by atoms with Gasteiger partial charge in [0.2, 0.25) is 5.91 Å². The molecule has 2 aromatic carbocycles. The minimum Gasteiger partial charge on any atom is -0.457 e. The minimum absolute atomic E-state index is 0.142. The molecule has 0 atom stereocenters. The summed E-state index contributed by atoms with van der Waals surface area (Å²) >= 11 is 1.12. The van der Waals surface area contributed by atoms with E-state index in [1.165, 1.54) is 10.9 Å². The number of ether oxygens (including phenoxy) is 1. The highest BCUT2D eigenvalue weighted by Crippen LogP contribution is 2.28. The first-order chi connectivity index (χ1) is 16.2. The van der Waals surface area contributed by atoms with Gasteiger partial charge in [-0.1, -0.05) is 48.0 Å². The zero-order valence-electron chi connectivity index (χ0n) is 19.5. The smallest absolute Gasteiger partial charge is 0.349 e. The number of carbonyl (C=O) groups is 2. The summed E-state index contributed by atoms with van der Waals surface area (Å²) in [5.41, 5.74) is 4.79. The van der Waals surface area contributed by atoms with Crippen LogP contribution >= 0.6 is 11.3 Å². The van der Waals surface area contributed by atoms with Gasteiger partial charge in [0.25, 0.3) is 5.56 Å². The normalized spacial score (nSPS) is 10.9. The van der Waals surface area contributed by atoms with E-state index in [9.17, 15) is 14.4 Å². The number of thiophene rings is 1. The molecule has 1 amide bonds. The van der Waals surface area contributed by atoms with Gasteiger partial charge in [-0.3, -0.25) is 14.2 Å². The summed E-state index contributed by atoms with van der Waals surface area (Å²) in [4.78, 5) is 43.6. The SMILES string of the molecule is Cc1cc(C)c(NC(=O)Cn2cnc3sc(C(=O)OCc4ccccc4)c(C)c3c2=O)c(C)c1. The van der Waals surface area contributed by atoms with Crippen molar-refractivity contribution in [1.29, 1.82) is 0 Å². The number of esters is 1. The van der Waals surface area contributed by atoms with Crippen LogP contribution < -0.4 is 10.9 Å². The number of hydrogen-bond acceptors (Lipinski definition) is 6. The van der Waals surface area contributed by atoms with Crippen molar-refractivity contribution in [2.45, 2.75) is 40.8 Å². The standard InChI is InChI=1S/C26H25N3O4S/c1-15-10-16(2)22(17(3)11-15)28-20(30)12-29-14-27-24-21(25(29)31)18(4)23(34-24)26(32)33-13-19-8-6-5-7-9-19/h5-11,14H,12-13H2,1-4H3,(H,28,30). The van der Waals surface area contributed by atoms with Crippen LogP contribution in [0.25, 0.3) is 10.2 Å². The lowest BCUT2D eigenvalue weighted by atomic mass is 10.1. The third-order valence-electron chi connectivity index (χ3n) is 5.57. The molecule has 2 heterocycles. The quantitative estimate of drug-likeness (QED) is 0.409. The summed E-state index contributed by atoms with van der Waals surface area (Å²) in [6, 6.07) is 13.4. The minimum atomic E-state index is -0.502. The molecule has 0 saturated heterocycles. The number of amides is 1. The number of anilines is 1. The van der Waals surface area contributed by atoms with Crippen LogP contribution in [0.2, 0.25) is 0 Å². The summed E-state index contributed by atoms with van der Waals surface area (Å²) in [5.74, 6) is -0.827. The second-order valence-corrected chi connectivity index (χ2v) is 9.30. The zero-order valence-corrected chi connectivity index (χ0v) is 20.3. The first-order valence-electron chi connectivity index (χ1n) is 10.8. The molecule has 2 aromatic heterocycles. The second kappa shape index (κ2) is 9.61.